The van der Waals surface area contributed by atoms with Crippen molar-refractivity contribution in [3.63, 3.8) is 0 Å². The summed E-state index contributed by atoms with van der Waals surface area (Å²) in [5, 5.41) is 0. The van der Waals surface area contributed by atoms with E-state index in [1.807, 2.05) is 24.3 Å². The Hall–Kier alpha value is -1.77. The van der Waals surface area contributed by atoms with Crippen LogP contribution >= 0.6 is 0 Å². The largest absolute Gasteiger partial charge is 0.497 e. The quantitative estimate of drug-likeness (QED) is 0.547. The number of rotatable bonds is 2. The fraction of sp³-hybridized carbons (Fsp3) is 0.250. The third kappa shape index (κ3) is 1.86. The number of carbonyl (C=O) groups is 1. The van der Waals surface area contributed by atoms with E-state index in [1.165, 1.54) is 0 Å². The van der Waals surface area contributed by atoms with Gasteiger partial charge in [0.25, 0.3) is 0 Å². The molecule has 0 aromatic heterocycles. The van der Waals surface area contributed by atoms with Crippen molar-refractivity contribution in [2.45, 2.75) is 12.5 Å². The minimum absolute atomic E-state index is 0.184. The van der Waals surface area contributed by atoms with E-state index in [1.54, 1.807) is 7.11 Å². The summed E-state index contributed by atoms with van der Waals surface area (Å²) in [4.78, 5) is 11.1. The van der Waals surface area contributed by atoms with Crippen molar-refractivity contribution >= 4 is 5.97 Å². The first kappa shape index (κ1) is 9.77. The fourth-order valence-corrected chi connectivity index (χ4v) is 1.57. The van der Waals surface area contributed by atoms with Crippen molar-refractivity contribution in [1.82, 2.24) is 0 Å². The molecule has 0 saturated carbocycles. The Labute approximate surface area is 88.3 Å². The van der Waals surface area contributed by atoms with E-state index in [-0.39, 0.29) is 12.1 Å². The van der Waals surface area contributed by atoms with Crippen molar-refractivity contribution in [3.05, 3.63) is 42.0 Å². The molecule has 0 bridgehead atoms. The van der Waals surface area contributed by atoms with E-state index in [0.717, 1.165) is 11.3 Å². The summed E-state index contributed by atoms with van der Waals surface area (Å²) in [5.41, 5.74) is 1.51. The highest BCUT2D eigenvalue weighted by Gasteiger charge is 2.28. The zero-order valence-electron chi connectivity index (χ0n) is 8.53. The van der Waals surface area contributed by atoms with Gasteiger partial charge in [0.2, 0.25) is 0 Å². The first-order valence-corrected chi connectivity index (χ1v) is 4.73. The van der Waals surface area contributed by atoms with Gasteiger partial charge < -0.3 is 9.47 Å². The average molecular weight is 204 g/mol. The number of carbonyl (C=O) groups excluding carboxylic acids is 1. The lowest BCUT2D eigenvalue weighted by molar-refractivity contribution is -0.139. The van der Waals surface area contributed by atoms with Crippen LogP contribution in [0.3, 0.4) is 0 Å². The van der Waals surface area contributed by atoms with Gasteiger partial charge in [-0.05, 0) is 17.7 Å². The molecule has 1 atom stereocenters. The summed E-state index contributed by atoms with van der Waals surface area (Å²) in [5.74, 6) is 0.498. The lowest BCUT2D eigenvalue weighted by Gasteiger charge is -2.09. The molecule has 3 nitrogen and oxygen atoms in total. The number of benzene rings is 1. The summed E-state index contributed by atoms with van der Waals surface area (Å²) in [6.07, 6.45) is 0.390. The fourth-order valence-electron chi connectivity index (χ4n) is 1.57. The SMILES string of the molecule is C=C1CC(c2ccc(OC)cc2)OC1=O. The van der Waals surface area contributed by atoms with Crippen LogP contribution in [0.4, 0.5) is 0 Å². The van der Waals surface area contributed by atoms with Crippen LogP contribution in [-0.2, 0) is 9.53 Å². The molecular formula is C12H12O3. The summed E-state index contributed by atoms with van der Waals surface area (Å²) >= 11 is 0. The molecule has 0 amide bonds. The molecule has 0 spiro atoms. The molecule has 3 heteroatoms. The van der Waals surface area contributed by atoms with Crippen molar-refractivity contribution < 1.29 is 14.3 Å². The minimum atomic E-state index is -0.296. The predicted molar refractivity (Wildman–Crippen MR) is 55.6 cm³/mol. The van der Waals surface area contributed by atoms with Crippen molar-refractivity contribution in [3.8, 4) is 5.75 Å². The molecule has 1 saturated heterocycles. The normalized spacial score (nSPS) is 20.2. The first-order valence-electron chi connectivity index (χ1n) is 4.73. The molecule has 1 unspecified atom stereocenters. The van der Waals surface area contributed by atoms with Crippen molar-refractivity contribution in [2.75, 3.05) is 7.11 Å². The molecular weight excluding hydrogens is 192 g/mol. The third-order valence-corrected chi connectivity index (χ3v) is 2.46. The number of esters is 1. The van der Waals surface area contributed by atoms with E-state index >= 15 is 0 Å². The molecule has 0 N–H and O–H groups in total. The number of cyclic esters (lactones) is 1. The van der Waals surface area contributed by atoms with Crippen molar-refractivity contribution in [2.24, 2.45) is 0 Å². The van der Waals surface area contributed by atoms with Gasteiger partial charge in [-0.3, -0.25) is 0 Å². The van der Waals surface area contributed by atoms with Gasteiger partial charge in [0.15, 0.2) is 0 Å². The Bertz CT molecular complexity index is 376. The summed E-state index contributed by atoms with van der Waals surface area (Å²) in [7, 11) is 1.62. The van der Waals surface area contributed by atoms with E-state index in [0.29, 0.717) is 12.0 Å². The topological polar surface area (TPSA) is 35.5 Å². The van der Waals surface area contributed by atoms with E-state index in [4.69, 9.17) is 9.47 Å². The molecule has 0 radical (unpaired) electrons. The van der Waals surface area contributed by atoms with Gasteiger partial charge in [-0.15, -0.1) is 0 Å². The highest BCUT2D eigenvalue weighted by Crippen LogP contribution is 2.32. The Balaban J connectivity index is 2.17. The standard InChI is InChI=1S/C12H12O3/c1-8-7-11(15-12(8)13)9-3-5-10(14-2)6-4-9/h3-6,11H,1,7H2,2H3. The van der Waals surface area contributed by atoms with Gasteiger partial charge in [0.05, 0.1) is 7.11 Å². The third-order valence-electron chi connectivity index (χ3n) is 2.46. The van der Waals surface area contributed by atoms with Gasteiger partial charge in [-0.2, -0.15) is 0 Å². The smallest absolute Gasteiger partial charge is 0.334 e. The van der Waals surface area contributed by atoms with Gasteiger partial charge in [0, 0.05) is 12.0 Å². The highest BCUT2D eigenvalue weighted by atomic mass is 16.5. The van der Waals surface area contributed by atoms with Gasteiger partial charge in [-0.1, -0.05) is 18.7 Å². The molecule has 78 valence electrons. The molecule has 1 fully saturated rings. The maximum Gasteiger partial charge on any atom is 0.334 e. The number of ether oxygens (including phenoxy) is 2. The average Bonchev–Trinajstić information content (AvgIpc) is 2.59. The van der Waals surface area contributed by atoms with Crippen LogP contribution in [0.2, 0.25) is 0 Å². The Morgan fingerprint density at radius 3 is 2.53 bits per heavy atom. The second kappa shape index (κ2) is 3.77. The Morgan fingerprint density at radius 1 is 1.40 bits per heavy atom. The minimum Gasteiger partial charge on any atom is -0.497 e. The van der Waals surface area contributed by atoms with Crippen LogP contribution in [0.25, 0.3) is 0 Å². The summed E-state index contributed by atoms with van der Waals surface area (Å²) < 4.78 is 10.2. The van der Waals surface area contributed by atoms with Gasteiger partial charge in [-0.25, -0.2) is 4.79 Å². The van der Waals surface area contributed by atoms with Crippen LogP contribution in [0.15, 0.2) is 36.4 Å². The Morgan fingerprint density at radius 2 is 2.07 bits per heavy atom. The van der Waals surface area contributed by atoms with Gasteiger partial charge in [0.1, 0.15) is 11.9 Å². The van der Waals surface area contributed by atoms with Crippen LogP contribution < -0.4 is 4.74 Å². The number of methoxy groups -OCH3 is 1. The second-order valence-electron chi connectivity index (χ2n) is 3.47. The maximum atomic E-state index is 11.1. The maximum absolute atomic E-state index is 11.1. The molecule has 1 aromatic carbocycles. The van der Waals surface area contributed by atoms with Crippen LogP contribution in [0, 0.1) is 0 Å². The molecule has 0 aliphatic carbocycles. The number of hydrogen-bond donors (Lipinski definition) is 0. The van der Waals surface area contributed by atoms with E-state index < -0.39 is 0 Å². The summed E-state index contributed by atoms with van der Waals surface area (Å²) in [6.45, 7) is 3.65. The summed E-state index contributed by atoms with van der Waals surface area (Å²) in [6, 6.07) is 7.50. The lowest BCUT2D eigenvalue weighted by Crippen LogP contribution is -1.98. The first-order chi connectivity index (χ1) is 7.20. The Kier molecular flexibility index (Phi) is 2.46. The zero-order valence-corrected chi connectivity index (χ0v) is 8.53. The monoisotopic (exact) mass is 204 g/mol. The molecule has 1 aromatic rings. The van der Waals surface area contributed by atoms with Crippen LogP contribution in [-0.4, -0.2) is 13.1 Å². The molecule has 2 rings (SSSR count). The molecule has 1 aliphatic rings. The molecule has 1 heterocycles. The van der Waals surface area contributed by atoms with E-state index in [9.17, 15) is 4.79 Å². The van der Waals surface area contributed by atoms with Crippen molar-refractivity contribution in [1.29, 1.82) is 0 Å². The van der Waals surface area contributed by atoms with Crippen LogP contribution in [0.1, 0.15) is 18.1 Å². The second-order valence-corrected chi connectivity index (χ2v) is 3.47. The zero-order chi connectivity index (χ0) is 10.8. The lowest BCUT2D eigenvalue weighted by atomic mass is 10.1. The molecule has 1 aliphatic heterocycles. The van der Waals surface area contributed by atoms with Gasteiger partial charge >= 0.3 is 5.97 Å². The molecule has 15 heavy (non-hydrogen) atoms. The predicted octanol–water partition coefficient (Wildman–Crippen LogP) is 2.24. The highest BCUT2D eigenvalue weighted by molar-refractivity contribution is 5.90. The van der Waals surface area contributed by atoms with E-state index in [2.05, 4.69) is 6.58 Å². The van der Waals surface area contributed by atoms with Crippen LogP contribution in [0.5, 0.6) is 5.75 Å². The number of hydrogen-bond acceptors (Lipinski definition) is 3.